The first kappa shape index (κ1) is 21.1. The molecule has 0 unspecified atom stereocenters. The van der Waals surface area contributed by atoms with Gasteiger partial charge >= 0.3 is 7.82 Å². The van der Waals surface area contributed by atoms with Crippen LogP contribution in [-0.2, 0) is 18.1 Å². The molecular weight excluding hydrogens is 289 g/mol. The van der Waals surface area contributed by atoms with Crippen molar-refractivity contribution in [2.45, 2.75) is 71.6 Å². The molecule has 21 heavy (non-hydrogen) atoms. The minimum Gasteiger partial charge on any atom is -0.330 e. The predicted molar refractivity (Wildman–Crippen MR) is 87.4 cm³/mol. The van der Waals surface area contributed by atoms with Crippen molar-refractivity contribution in [1.29, 1.82) is 0 Å². The molecule has 0 radical (unpaired) electrons. The van der Waals surface area contributed by atoms with Crippen LogP contribution in [0.4, 0.5) is 0 Å². The Hall–Kier alpha value is 0.0700. The highest BCUT2D eigenvalue weighted by molar-refractivity contribution is 7.48. The lowest BCUT2D eigenvalue weighted by atomic mass is 10.1. The fraction of sp³-hybridized carbons (Fsp3) is 1.00. The molecule has 0 saturated heterocycles. The summed E-state index contributed by atoms with van der Waals surface area (Å²) in [5.41, 5.74) is 5.46. The van der Waals surface area contributed by atoms with Crippen molar-refractivity contribution in [3.63, 3.8) is 0 Å². The van der Waals surface area contributed by atoms with Crippen LogP contribution >= 0.6 is 7.82 Å². The third-order valence-electron chi connectivity index (χ3n) is 3.17. The van der Waals surface area contributed by atoms with Crippen LogP contribution in [0.25, 0.3) is 0 Å². The summed E-state index contributed by atoms with van der Waals surface area (Å²) in [7, 11) is -3.31. The molecule has 2 N–H and O–H groups in total. The molecule has 0 aromatic rings. The largest absolute Gasteiger partial charge is 0.474 e. The Balaban J connectivity index is 3.40. The maximum atomic E-state index is 12.0. The predicted octanol–water partition coefficient (Wildman–Crippen LogP) is 4.65. The molecule has 0 rings (SSSR count). The number of nitrogens with two attached hydrogens (primary N) is 1. The molecule has 0 spiro atoms. The van der Waals surface area contributed by atoms with Crippen molar-refractivity contribution >= 4 is 7.82 Å². The standard InChI is InChI=1S/C15H34NO4P/c1-3-18-21(17,19-4-2)20-15-13-11-9-7-5-6-8-10-12-14-16/h3-16H2,1-2H3. The highest BCUT2D eigenvalue weighted by Gasteiger charge is 2.24. The normalized spacial score (nSPS) is 12.0. The molecule has 6 heteroatoms. The van der Waals surface area contributed by atoms with Gasteiger partial charge in [0, 0.05) is 0 Å². The third-order valence-corrected chi connectivity index (χ3v) is 4.82. The van der Waals surface area contributed by atoms with Gasteiger partial charge < -0.3 is 5.73 Å². The van der Waals surface area contributed by atoms with Crippen molar-refractivity contribution < 1.29 is 18.1 Å². The molecule has 0 fully saturated rings. The highest BCUT2D eigenvalue weighted by atomic mass is 31.2. The summed E-state index contributed by atoms with van der Waals surface area (Å²) in [6.45, 7) is 5.48. The Morgan fingerprint density at radius 1 is 0.714 bits per heavy atom. The Bertz CT molecular complexity index is 254. The lowest BCUT2D eigenvalue weighted by Gasteiger charge is -2.16. The van der Waals surface area contributed by atoms with E-state index in [1.165, 1.54) is 38.5 Å². The SMILES string of the molecule is CCOP(=O)(OCC)OCCCCCCCCCCCN. The summed E-state index contributed by atoms with van der Waals surface area (Å²) in [6.07, 6.45) is 10.8. The van der Waals surface area contributed by atoms with Crippen LogP contribution in [0, 0.1) is 0 Å². The van der Waals surface area contributed by atoms with Gasteiger partial charge in [0.1, 0.15) is 0 Å². The molecular formula is C15H34NO4P. The van der Waals surface area contributed by atoms with Crippen LogP contribution in [0.2, 0.25) is 0 Å². The monoisotopic (exact) mass is 323 g/mol. The highest BCUT2D eigenvalue weighted by Crippen LogP contribution is 2.49. The quantitative estimate of drug-likeness (QED) is 0.330. The van der Waals surface area contributed by atoms with Gasteiger partial charge in [-0.2, -0.15) is 0 Å². The first-order valence-electron chi connectivity index (χ1n) is 8.42. The van der Waals surface area contributed by atoms with E-state index < -0.39 is 7.82 Å². The number of rotatable bonds is 16. The van der Waals surface area contributed by atoms with Gasteiger partial charge in [0.25, 0.3) is 0 Å². The van der Waals surface area contributed by atoms with E-state index in [1.807, 2.05) is 0 Å². The topological polar surface area (TPSA) is 70.8 Å². The fourth-order valence-corrected chi connectivity index (χ4v) is 3.30. The van der Waals surface area contributed by atoms with E-state index in [9.17, 15) is 4.57 Å². The second kappa shape index (κ2) is 15.0. The van der Waals surface area contributed by atoms with E-state index in [1.54, 1.807) is 13.8 Å². The van der Waals surface area contributed by atoms with Gasteiger partial charge in [-0.1, -0.05) is 44.9 Å². The van der Waals surface area contributed by atoms with E-state index in [2.05, 4.69) is 0 Å². The van der Waals surface area contributed by atoms with Crippen molar-refractivity contribution in [2.75, 3.05) is 26.4 Å². The van der Waals surface area contributed by atoms with Gasteiger partial charge in [-0.25, -0.2) is 4.57 Å². The van der Waals surface area contributed by atoms with Crippen molar-refractivity contribution in [2.24, 2.45) is 5.73 Å². The Labute approximate surface area is 130 Å². The summed E-state index contributed by atoms with van der Waals surface area (Å²) < 4.78 is 27.4. The first-order valence-corrected chi connectivity index (χ1v) is 9.88. The average molecular weight is 323 g/mol. The molecule has 0 aliphatic rings. The van der Waals surface area contributed by atoms with Crippen LogP contribution in [0.3, 0.4) is 0 Å². The van der Waals surface area contributed by atoms with Crippen molar-refractivity contribution in [3.8, 4) is 0 Å². The average Bonchev–Trinajstić information content (AvgIpc) is 2.45. The zero-order valence-corrected chi connectivity index (χ0v) is 14.7. The second-order valence-corrected chi connectivity index (χ2v) is 6.76. The van der Waals surface area contributed by atoms with Crippen LogP contribution in [-0.4, -0.2) is 26.4 Å². The second-order valence-electron chi connectivity index (χ2n) is 5.09. The minimum absolute atomic E-state index is 0.335. The molecule has 0 amide bonds. The molecule has 0 heterocycles. The maximum absolute atomic E-state index is 12.0. The smallest absolute Gasteiger partial charge is 0.330 e. The zero-order chi connectivity index (χ0) is 15.8. The van der Waals surface area contributed by atoms with Gasteiger partial charge in [-0.15, -0.1) is 0 Å². The molecule has 0 aromatic carbocycles. The van der Waals surface area contributed by atoms with Crippen LogP contribution in [0.15, 0.2) is 0 Å². The molecule has 0 atom stereocenters. The number of phosphoric acid groups is 1. The van der Waals surface area contributed by atoms with Crippen LogP contribution in [0.5, 0.6) is 0 Å². The summed E-state index contributed by atoms with van der Waals surface area (Å²) in [4.78, 5) is 0. The van der Waals surface area contributed by atoms with Gasteiger partial charge in [0.2, 0.25) is 0 Å². The van der Waals surface area contributed by atoms with E-state index >= 15 is 0 Å². The van der Waals surface area contributed by atoms with E-state index in [-0.39, 0.29) is 0 Å². The van der Waals surface area contributed by atoms with Gasteiger partial charge in [-0.3, -0.25) is 13.6 Å². The summed E-state index contributed by atoms with van der Waals surface area (Å²) >= 11 is 0. The summed E-state index contributed by atoms with van der Waals surface area (Å²) in [6, 6.07) is 0. The molecule has 5 nitrogen and oxygen atoms in total. The Kier molecular flexibility index (Phi) is 15.0. The molecule has 0 aliphatic heterocycles. The van der Waals surface area contributed by atoms with E-state index in [0.29, 0.717) is 19.8 Å². The number of hydrogen-bond donors (Lipinski definition) is 1. The van der Waals surface area contributed by atoms with Gasteiger partial charge in [-0.05, 0) is 33.2 Å². The summed E-state index contributed by atoms with van der Waals surface area (Å²) in [5, 5.41) is 0. The van der Waals surface area contributed by atoms with Crippen LogP contribution in [0.1, 0.15) is 71.6 Å². The fourth-order valence-electron chi connectivity index (χ4n) is 2.09. The van der Waals surface area contributed by atoms with Gasteiger partial charge in [0.15, 0.2) is 0 Å². The Morgan fingerprint density at radius 3 is 1.57 bits per heavy atom. The molecule has 0 aromatic heterocycles. The van der Waals surface area contributed by atoms with Crippen molar-refractivity contribution in [1.82, 2.24) is 0 Å². The zero-order valence-electron chi connectivity index (χ0n) is 13.8. The lowest BCUT2D eigenvalue weighted by molar-refractivity contribution is 0.120. The number of unbranched alkanes of at least 4 members (excludes halogenated alkanes) is 8. The maximum Gasteiger partial charge on any atom is 0.474 e. The summed E-state index contributed by atoms with van der Waals surface area (Å²) in [5.74, 6) is 0. The van der Waals surface area contributed by atoms with Crippen molar-refractivity contribution in [3.05, 3.63) is 0 Å². The van der Waals surface area contributed by atoms with Crippen LogP contribution < -0.4 is 5.73 Å². The van der Waals surface area contributed by atoms with Gasteiger partial charge in [0.05, 0.1) is 19.8 Å². The number of hydrogen-bond acceptors (Lipinski definition) is 5. The molecule has 0 bridgehead atoms. The number of phosphoric ester groups is 1. The van der Waals surface area contributed by atoms with E-state index in [4.69, 9.17) is 19.3 Å². The first-order chi connectivity index (χ1) is 10.2. The molecule has 0 aliphatic carbocycles. The van der Waals surface area contributed by atoms with E-state index in [0.717, 1.165) is 25.8 Å². The minimum atomic E-state index is -3.31. The Morgan fingerprint density at radius 2 is 1.14 bits per heavy atom. The third kappa shape index (κ3) is 13.5. The molecule has 128 valence electrons. The molecule has 0 saturated carbocycles. The lowest BCUT2D eigenvalue weighted by Crippen LogP contribution is -2.01.